The number of carboxylic acids is 1. The van der Waals surface area contributed by atoms with Gasteiger partial charge in [-0.15, -0.1) is 0 Å². The number of amides is 1. The van der Waals surface area contributed by atoms with Gasteiger partial charge in [0.05, 0.1) is 0 Å². The highest BCUT2D eigenvalue weighted by atomic mass is 16.4. The minimum atomic E-state index is -1.13. The summed E-state index contributed by atoms with van der Waals surface area (Å²) in [7, 11) is 0. The van der Waals surface area contributed by atoms with E-state index in [9.17, 15) is 9.59 Å². The zero-order valence-corrected chi connectivity index (χ0v) is 10.3. The van der Waals surface area contributed by atoms with Gasteiger partial charge in [0.25, 0.3) is 5.91 Å². The fourth-order valence-electron chi connectivity index (χ4n) is 1.87. The van der Waals surface area contributed by atoms with Gasteiger partial charge in [-0.05, 0) is 26.2 Å². The summed E-state index contributed by atoms with van der Waals surface area (Å²) in [4.78, 5) is 23.9. The lowest BCUT2D eigenvalue weighted by Gasteiger charge is -2.32. The third-order valence-corrected chi connectivity index (χ3v) is 2.91. The van der Waals surface area contributed by atoms with Gasteiger partial charge in [0.15, 0.2) is 0 Å². The van der Waals surface area contributed by atoms with Gasteiger partial charge in [-0.25, -0.2) is 0 Å². The number of rotatable bonds is 4. The summed E-state index contributed by atoms with van der Waals surface area (Å²) < 4.78 is 0. The first kappa shape index (κ1) is 14.0. The maximum atomic E-state index is 11.6. The van der Waals surface area contributed by atoms with Crippen molar-refractivity contribution in [1.82, 2.24) is 10.2 Å². The highest BCUT2D eigenvalue weighted by molar-refractivity contribution is 5.98. The average Bonchev–Trinajstić information content (AvgIpc) is 2.35. The Balaban J connectivity index is 2.66. The first-order chi connectivity index (χ1) is 8.54. The van der Waals surface area contributed by atoms with E-state index < -0.39 is 18.4 Å². The average molecular weight is 251 g/mol. The van der Waals surface area contributed by atoms with Gasteiger partial charge in [-0.3, -0.25) is 9.59 Å². The van der Waals surface area contributed by atoms with Gasteiger partial charge in [0, 0.05) is 18.8 Å². The van der Waals surface area contributed by atoms with E-state index in [0.717, 1.165) is 25.8 Å². The minimum absolute atomic E-state index is 0.0509. The predicted octanol–water partition coefficient (Wildman–Crippen LogP) is 0.469. The molecule has 0 aromatic rings. The van der Waals surface area contributed by atoms with Gasteiger partial charge in [-0.1, -0.05) is 0 Å². The second kappa shape index (κ2) is 6.64. The van der Waals surface area contributed by atoms with Crippen LogP contribution in [0, 0.1) is 11.3 Å². The van der Waals surface area contributed by atoms with Crippen molar-refractivity contribution in [3.8, 4) is 6.07 Å². The van der Waals surface area contributed by atoms with Gasteiger partial charge in [0.1, 0.15) is 18.2 Å². The fraction of sp³-hybridized carbons (Fsp3) is 0.583. The molecule has 1 rings (SSSR count). The number of hydrogen-bond acceptors (Lipinski definition) is 4. The molecule has 0 bridgehead atoms. The molecule has 1 heterocycles. The van der Waals surface area contributed by atoms with Crippen LogP contribution in [0.5, 0.6) is 0 Å². The predicted molar refractivity (Wildman–Crippen MR) is 64.4 cm³/mol. The van der Waals surface area contributed by atoms with Crippen LogP contribution < -0.4 is 5.32 Å². The number of carboxylic acid groups (broad SMARTS) is 1. The second-order valence-corrected chi connectivity index (χ2v) is 4.31. The van der Waals surface area contributed by atoms with Crippen LogP contribution >= 0.6 is 0 Å². The molecule has 1 atom stereocenters. The van der Waals surface area contributed by atoms with Crippen LogP contribution in [0.1, 0.15) is 26.2 Å². The molecular formula is C12H17N3O3. The topological polar surface area (TPSA) is 93.4 Å². The van der Waals surface area contributed by atoms with Crippen molar-refractivity contribution >= 4 is 11.9 Å². The molecule has 0 aliphatic carbocycles. The molecule has 18 heavy (non-hydrogen) atoms. The van der Waals surface area contributed by atoms with E-state index in [1.54, 1.807) is 0 Å². The fourth-order valence-corrected chi connectivity index (χ4v) is 1.87. The molecule has 0 saturated carbocycles. The molecular weight excluding hydrogens is 234 g/mol. The van der Waals surface area contributed by atoms with Crippen molar-refractivity contribution < 1.29 is 14.7 Å². The Labute approximate surface area is 106 Å². The van der Waals surface area contributed by atoms with Gasteiger partial charge >= 0.3 is 5.97 Å². The summed E-state index contributed by atoms with van der Waals surface area (Å²) in [6, 6.07) is 2.11. The van der Waals surface area contributed by atoms with Crippen LogP contribution in [0.3, 0.4) is 0 Å². The lowest BCUT2D eigenvalue weighted by atomic mass is 10.0. The quantitative estimate of drug-likeness (QED) is 0.559. The maximum Gasteiger partial charge on any atom is 0.322 e. The summed E-state index contributed by atoms with van der Waals surface area (Å²) >= 11 is 0. The Morgan fingerprint density at radius 1 is 1.56 bits per heavy atom. The molecule has 0 aromatic carbocycles. The molecule has 6 nitrogen and oxygen atoms in total. The third kappa shape index (κ3) is 4.09. The molecule has 0 radical (unpaired) electrons. The molecule has 1 saturated heterocycles. The number of aliphatic carboxylic acids is 1. The number of carbonyl (C=O) groups excluding carboxylic acids is 1. The summed E-state index contributed by atoms with van der Waals surface area (Å²) in [6.07, 6.45) is 4.75. The Bertz CT molecular complexity index is 398. The van der Waals surface area contributed by atoms with Crippen molar-refractivity contribution in [1.29, 1.82) is 5.26 Å². The van der Waals surface area contributed by atoms with Crippen molar-refractivity contribution in [3.05, 3.63) is 11.8 Å². The lowest BCUT2D eigenvalue weighted by molar-refractivity contribution is -0.137. The van der Waals surface area contributed by atoms with Gasteiger partial charge in [0.2, 0.25) is 0 Å². The number of hydrogen-bond donors (Lipinski definition) is 2. The summed E-state index contributed by atoms with van der Waals surface area (Å²) in [5.74, 6) is -1.77. The van der Waals surface area contributed by atoms with Crippen LogP contribution in [0.15, 0.2) is 11.8 Å². The highest BCUT2D eigenvalue weighted by Crippen LogP contribution is 2.17. The van der Waals surface area contributed by atoms with E-state index in [1.165, 1.54) is 6.20 Å². The number of nitrogens with zero attached hydrogens (tertiary/aromatic N) is 2. The Kier molecular flexibility index (Phi) is 5.18. The first-order valence-corrected chi connectivity index (χ1v) is 5.92. The molecule has 1 fully saturated rings. The Hall–Kier alpha value is -2.03. The second-order valence-electron chi connectivity index (χ2n) is 4.31. The van der Waals surface area contributed by atoms with Crippen molar-refractivity contribution in [2.24, 2.45) is 0 Å². The number of nitriles is 1. The van der Waals surface area contributed by atoms with Crippen LogP contribution in [-0.2, 0) is 9.59 Å². The molecule has 6 heteroatoms. The van der Waals surface area contributed by atoms with Crippen LogP contribution in [0.2, 0.25) is 0 Å². The number of likely N-dealkylation sites (tertiary alicyclic amines) is 1. The monoisotopic (exact) mass is 251 g/mol. The Morgan fingerprint density at radius 3 is 2.83 bits per heavy atom. The molecule has 1 unspecified atom stereocenters. The van der Waals surface area contributed by atoms with Gasteiger partial charge in [-0.2, -0.15) is 5.26 Å². The van der Waals surface area contributed by atoms with Crippen LogP contribution in [-0.4, -0.2) is 41.0 Å². The zero-order chi connectivity index (χ0) is 13.5. The number of nitrogens with one attached hydrogen (secondary N) is 1. The van der Waals surface area contributed by atoms with Crippen LogP contribution in [0.25, 0.3) is 0 Å². The summed E-state index contributed by atoms with van der Waals surface area (Å²) in [6.45, 7) is 2.38. The molecule has 0 spiro atoms. The minimum Gasteiger partial charge on any atom is -0.480 e. The molecule has 1 amide bonds. The van der Waals surface area contributed by atoms with E-state index in [4.69, 9.17) is 10.4 Å². The molecule has 1 aliphatic rings. The van der Waals surface area contributed by atoms with Crippen molar-refractivity contribution in [3.63, 3.8) is 0 Å². The Morgan fingerprint density at radius 2 is 2.28 bits per heavy atom. The van der Waals surface area contributed by atoms with Crippen molar-refractivity contribution in [2.75, 3.05) is 13.1 Å². The van der Waals surface area contributed by atoms with Crippen LogP contribution in [0.4, 0.5) is 0 Å². The molecule has 2 N–H and O–H groups in total. The lowest BCUT2D eigenvalue weighted by Crippen LogP contribution is -2.35. The summed E-state index contributed by atoms with van der Waals surface area (Å²) in [5, 5.41) is 19.6. The summed E-state index contributed by atoms with van der Waals surface area (Å²) in [5.41, 5.74) is -0.0509. The smallest absolute Gasteiger partial charge is 0.322 e. The van der Waals surface area contributed by atoms with E-state index in [-0.39, 0.29) is 5.57 Å². The first-order valence-electron chi connectivity index (χ1n) is 5.92. The molecule has 0 aromatic heterocycles. The van der Waals surface area contributed by atoms with E-state index in [2.05, 4.69) is 5.32 Å². The van der Waals surface area contributed by atoms with Gasteiger partial charge < -0.3 is 15.3 Å². The third-order valence-electron chi connectivity index (χ3n) is 2.91. The normalized spacial score (nSPS) is 20.1. The van der Waals surface area contributed by atoms with E-state index in [0.29, 0.717) is 6.04 Å². The SMILES string of the molecule is CC1CCCCN1/C=C(/C#N)C(=O)NCC(=O)O. The molecule has 1 aliphatic heterocycles. The molecule has 98 valence electrons. The van der Waals surface area contributed by atoms with Crippen molar-refractivity contribution in [2.45, 2.75) is 32.2 Å². The zero-order valence-electron chi connectivity index (χ0n) is 10.3. The van der Waals surface area contributed by atoms with E-state index >= 15 is 0 Å². The maximum absolute atomic E-state index is 11.6. The number of piperidine rings is 1. The highest BCUT2D eigenvalue weighted by Gasteiger charge is 2.18. The standard InChI is InChI=1S/C12H17N3O3/c1-9-4-2-3-5-15(9)8-10(6-13)12(18)14-7-11(16)17/h8-9H,2-5,7H2,1H3,(H,14,18)(H,16,17)/b10-8-. The van der Waals surface area contributed by atoms with E-state index in [1.807, 2.05) is 17.9 Å². The number of carbonyl (C=O) groups is 2. The largest absolute Gasteiger partial charge is 0.480 e.